The number of rotatable bonds is 11. The molecule has 34 heavy (non-hydrogen) atoms. The summed E-state index contributed by atoms with van der Waals surface area (Å²) in [5.41, 5.74) is 1.30. The van der Waals surface area contributed by atoms with Crippen LogP contribution in [-0.2, 0) is 25.0 Å². The Labute approximate surface area is 204 Å². The fourth-order valence-electron chi connectivity index (χ4n) is 3.36. The molecular formula is C25H35BNO6P. The fourth-order valence-corrected chi connectivity index (χ4v) is 4.46. The second kappa shape index (κ2) is 11.7. The normalized spacial score (nSPS) is 16.6. The Hall–Kier alpha value is -1.96. The van der Waals surface area contributed by atoms with E-state index in [2.05, 4.69) is 5.32 Å². The molecule has 0 aliphatic carbocycles. The van der Waals surface area contributed by atoms with Crippen LogP contribution in [0.5, 0.6) is 5.75 Å². The van der Waals surface area contributed by atoms with Crippen molar-refractivity contribution in [3.63, 3.8) is 0 Å². The number of carbonyl (C=O) groups excluding carboxylic acids is 1. The highest BCUT2D eigenvalue weighted by atomic mass is 31.2. The summed E-state index contributed by atoms with van der Waals surface area (Å²) >= 11 is 0. The van der Waals surface area contributed by atoms with Crippen LogP contribution < -0.4 is 15.5 Å². The fraction of sp³-hybridized carbons (Fsp3) is 0.480. The molecule has 1 fully saturated rings. The van der Waals surface area contributed by atoms with Crippen LogP contribution in [0.2, 0.25) is 0 Å². The van der Waals surface area contributed by atoms with Gasteiger partial charge in [-0.1, -0.05) is 36.4 Å². The Morgan fingerprint density at radius 3 is 2.18 bits per heavy atom. The van der Waals surface area contributed by atoms with Crippen LogP contribution in [0.25, 0.3) is 0 Å². The van der Waals surface area contributed by atoms with E-state index in [1.54, 1.807) is 6.07 Å². The maximum absolute atomic E-state index is 13.1. The van der Waals surface area contributed by atoms with Crippen molar-refractivity contribution in [1.82, 2.24) is 5.32 Å². The average molecular weight is 487 g/mol. The number of hydrogen-bond acceptors (Lipinski definition) is 6. The molecule has 3 rings (SSSR count). The Bertz CT molecular complexity index is 934. The van der Waals surface area contributed by atoms with E-state index in [9.17, 15) is 4.79 Å². The van der Waals surface area contributed by atoms with Crippen molar-refractivity contribution in [2.45, 2.75) is 59.4 Å². The summed E-state index contributed by atoms with van der Waals surface area (Å²) in [7, 11) is -1.74. The van der Waals surface area contributed by atoms with E-state index >= 15 is 0 Å². The molecule has 2 aromatic rings. The molecule has 0 saturated carbocycles. The first-order chi connectivity index (χ1) is 16.2. The first kappa shape index (κ1) is 26.6. The molecule has 0 spiro atoms. The Kier molecular flexibility index (Phi) is 9.13. The van der Waals surface area contributed by atoms with Gasteiger partial charge < -0.3 is 28.4 Å². The van der Waals surface area contributed by atoms with Crippen LogP contribution >= 0.6 is 8.38 Å². The average Bonchev–Trinajstić information content (AvgIpc) is 3.03. The van der Waals surface area contributed by atoms with Crippen molar-refractivity contribution >= 4 is 26.9 Å². The molecule has 1 aliphatic heterocycles. The Morgan fingerprint density at radius 2 is 1.59 bits per heavy atom. The summed E-state index contributed by atoms with van der Waals surface area (Å²) in [5.74, 6) is 0.209. The predicted molar refractivity (Wildman–Crippen MR) is 135 cm³/mol. The lowest BCUT2D eigenvalue weighted by Gasteiger charge is -2.32. The molecule has 0 aromatic heterocycles. The molecule has 9 heteroatoms. The van der Waals surface area contributed by atoms with Gasteiger partial charge in [0.05, 0.1) is 36.3 Å². The molecule has 1 saturated heterocycles. The van der Waals surface area contributed by atoms with Crippen molar-refractivity contribution in [2.75, 3.05) is 19.5 Å². The minimum atomic E-state index is -1.19. The summed E-state index contributed by atoms with van der Waals surface area (Å²) in [6.07, 6.45) is 0.299. The van der Waals surface area contributed by atoms with Crippen molar-refractivity contribution in [3.05, 3.63) is 59.7 Å². The molecule has 184 valence electrons. The number of nitrogens with one attached hydrogen (secondary N) is 1. The topological polar surface area (TPSA) is 75.3 Å². The molecule has 1 aliphatic rings. The molecule has 1 heterocycles. The second-order valence-electron chi connectivity index (χ2n) is 8.95. The number of hydrogen-bond donors (Lipinski definition) is 1. The first-order valence-corrected chi connectivity index (χ1v) is 13.0. The van der Waals surface area contributed by atoms with Crippen LogP contribution in [0.15, 0.2) is 48.5 Å². The Balaban J connectivity index is 1.82. The van der Waals surface area contributed by atoms with Crippen molar-refractivity contribution in [1.29, 1.82) is 0 Å². The molecule has 1 amide bonds. The summed E-state index contributed by atoms with van der Waals surface area (Å²) < 4.78 is 29.7. The number of amides is 1. The largest absolute Gasteiger partial charge is 0.494 e. The molecular weight excluding hydrogens is 452 g/mol. The molecule has 1 N–H and O–H groups in total. The third kappa shape index (κ3) is 6.58. The van der Waals surface area contributed by atoms with E-state index in [4.69, 9.17) is 23.1 Å². The maximum Gasteiger partial charge on any atom is 0.494 e. The van der Waals surface area contributed by atoms with E-state index in [1.807, 2.05) is 84.0 Å². The van der Waals surface area contributed by atoms with E-state index in [0.29, 0.717) is 37.4 Å². The van der Waals surface area contributed by atoms with E-state index in [-0.39, 0.29) is 5.91 Å². The lowest BCUT2D eigenvalue weighted by atomic mass is 9.78. The third-order valence-electron chi connectivity index (χ3n) is 5.93. The zero-order chi connectivity index (χ0) is 24.8. The smallest absolute Gasteiger partial charge is 0.488 e. The molecule has 0 bridgehead atoms. The maximum atomic E-state index is 13.1. The summed E-state index contributed by atoms with van der Waals surface area (Å²) in [4.78, 5) is 13.1. The first-order valence-electron chi connectivity index (χ1n) is 11.6. The van der Waals surface area contributed by atoms with Gasteiger partial charge in [-0.15, -0.1) is 0 Å². The minimum absolute atomic E-state index is 0.254. The zero-order valence-electron chi connectivity index (χ0n) is 20.9. The number of benzene rings is 2. The van der Waals surface area contributed by atoms with Crippen molar-refractivity contribution in [2.24, 2.45) is 0 Å². The van der Waals surface area contributed by atoms with Gasteiger partial charge in [0.1, 0.15) is 12.4 Å². The van der Waals surface area contributed by atoms with Gasteiger partial charge in [0.25, 0.3) is 5.91 Å². The highest BCUT2D eigenvalue weighted by Crippen LogP contribution is 2.38. The second-order valence-corrected chi connectivity index (χ2v) is 10.4. The molecule has 0 radical (unpaired) electrons. The van der Waals surface area contributed by atoms with Gasteiger partial charge in [-0.05, 0) is 64.7 Å². The van der Waals surface area contributed by atoms with Gasteiger partial charge in [-0.3, -0.25) is 4.79 Å². The standard InChI is InChI=1S/C25H35BNO6P/c1-7-30-34(31-8-2)18-27-23(28)21-15-14-20(26-32-24(3,4)25(5,6)33-26)16-22(21)29-17-19-12-10-9-11-13-19/h9-16H,7-8,17-18H2,1-6H3,(H,27,28). The number of ether oxygens (including phenoxy) is 1. The van der Waals surface area contributed by atoms with Gasteiger partial charge in [0.2, 0.25) is 0 Å². The minimum Gasteiger partial charge on any atom is -0.488 e. The van der Waals surface area contributed by atoms with Crippen LogP contribution in [0, 0.1) is 0 Å². The van der Waals surface area contributed by atoms with Crippen molar-refractivity contribution < 1.29 is 27.9 Å². The van der Waals surface area contributed by atoms with Gasteiger partial charge in [-0.25, -0.2) is 0 Å². The van der Waals surface area contributed by atoms with Gasteiger partial charge in [0, 0.05) is 0 Å². The Morgan fingerprint density at radius 1 is 0.971 bits per heavy atom. The molecule has 2 aromatic carbocycles. The quantitative estimate of drug-likeness (QED) is 0.368. The lowest BCUT2D eigenvalue weighted by Crippen LogP contribution is -2.41. The van der Waals surface area contributed by atoms with Gasteiger partial charge in [-0.2, -0.15) is 0 Å². The van der Waals surface area contributed by atoms with Crippen LogP contribution in [0.1, 0.15) is 57.5 Å². The summed E-state index contributed by atoms with van der Waals surface area (Å²) in [6, 6.07) is 15.3. The molecule has 0 atom stereocenters. The van der Waals surface area contributed by atoms with E-state index in [1.165, 1.54) is 0 Å². The summed E-state index contributed by atoms with van der Waals surface area (Å²) in [5, 5.41) is 2.92. The zero-order valence-corrected chi connectivity index (χ0v) is 21.8. The third-order valence-corrected chi connectivity index (χ3v) is 7.44. The lowest BCUT2D eigenvalue weighted by molar-refractivity contribution is 0.00578. The SMILES string of the molecule is CCOP(CNC(=O)c1ccc(B2OC(C)(C)C(C)(C)O2)cc1OCc1ccccc1)OCC. The predicted octanol–water partition coefficient (Wildman–Crippen LogP) is 4.64. The summed E-state index contributed by atoms with van der Waals surface area (Å²) in [6.45, 7) is 13.2. The van der Waals surface area contributed by atoms with Gasteiger partial charge >= 0.3 is 7.12 Å². The van der Waals surface area contributed by atoms with Gasteiger partial charge in [0.15, 0.2) is 8.38 Å². The highest BCUT2D eigenvalue weighted by molar-refractivity contribution is 7.47. The number of carbonyl (C=O) groups is 1. The van der Waals surface area contributed by atoms with Crippen LogP contribution in [0.3, 0.4) is 0 Å². The highest BCUT2D eigenvalue weighted by Gasteiger charge is 2.51. The van der Waals surface area contributed by atoms with E-state index in [0.717, 1.165) is 11.0 Å². The van der Waals surface area contributed by atoms with Crippen LogP contribution in [-0.4, -0.2) is 43.7 Å². The monoisotopic (exact) mass is 487 g/mol. The molecule has 7 nitrogen and oxygen atoms in total. The van der Waals surface area contributed by atoms with Crippen molar-refractivity contribution in [3.8, 4) is 5.75 Å². The molecule has 0 unspecified atom stereocenters. The van der Waals surface area contributed by atoms with E-state index < -0.39 is 26.7 Å². The van der Waals surface area contributed by atoms with Crippen LogP contribution in [0.4, 0.5) is 0 Å².